The smallest absolute Gasteiger partial charge is 0.164 e. The van der Waals surface area contributed by atoms with Crippen molar-refractivity contribution in [3.63, 3.8) is 0 Å². The van der Waals surface area contributed by atoms with Gasteiger partial charge in [-0.3, -0.25) is 0 Å². The molecule has 0 saturated heterocycles. The molecule has 0 aliphatic heterocycles. The fraction of sp³-hybridized carbons (Fsp3) is 0.500. The summed E-state index contributed by atoms with van der Waals surface area (Å²) in [5.41, 5.74) is 2.99. The fourth-order valence-electron chi connectivity index (χ4n) is 3.83. The Bertz CT molecular complexity index is 940. The first-order chi connectivity index (χ1) is 14.4. The molecular formula is C26H35NO4. The molecule has 0 aliphatic carbocycles. The van der Waals surface area contributed by atoms with Crippen molar-refractivity contribution in [2.75, 3.05) is 21.3 Å². The average molecular weight is 426 g/mol. The number of ether oxygens (including phenoxy) is 3. The Morgan fingerprint density at radius 3 is 1.65 bits per heavy atom. The molecule has 0 bridgehead atoms. The van der Waals surface area contributed by atoms with Gasteiger partial charge in [0.15, 0.2) is 11.5 Å². The molecule has 0 aromatic heterocycles. The first-order valence-electron chi connectivity index (χ1n) is 10.4. The molecule has 2 aromatic carbocycles. The Labute approximate surface area is 186 Å². The second-order valence-electron chi connectivity index (χ2n) is 9.83. The summed E-state index contributed by atoms with van der Waals surface area (Å²) < 4.78 is 16.6. The number of nitriles is 1. The van der Waals surface area contributed by atoms with Crippen LogP contribution >= 0.6 is 0 Å². The first-order valence-corrected chi connectivity index (χ1v) is 10.4. The van der Waals surface area contributed by atoms with Crippen LogP contribution in [0.3, 0.4) is 0 Å². The Kier molecular flexibility index (Phi) is 7.16. The van der Waals surface area contributed by atoms with Gasteiger partial charge in [0.1, 0.15) is 11.5 Å². The molecule has 168 valence electrons. The lowest BCUT2D eigenvalue weighted by atomic mass is 9.75. The van der Waals surface area contributed by atoms with Gasteiger partial charge < -0.3 is 19.3 Å². The second-order valence-corrected chi connectivity index (χ2v) is 9.83. The third kappa shape index (κ3) is 5.07. The van der Waals surface area contributed by atoms with Crippen LogP contribution in [0, 0.1) is 11.3 Å². The molecule has 0 heterocycles. The van der Waals surface area contributed by atoms with E-state index in [0.29, 0.717) is 23.0 Å². The van der Waals surface area contributed by atoms with Crippen molar-refractivity contribution >= 4 is 0 Å². The monoisotopic (exact) mass is 425 g/mol. The topological polar surface area (TPSA) is 71.7 Å². The molecule has 0 fully saturated rings. The molecular weight excluding hydrogens is 390 g/mol. The van der Waals surface area contributed by atoms with Gasteiger partial charge in [0.25, 0.3) is 0 Å². The van der Waals surface area contributed by atoms with Gasteiger partial charge >= 0.3 is 0 Å². The standard InChI is InChI=1S/C26H35NO4/c1-25(2,3)19-12-16(13-20(24(19)28)26(4,5)6)17(10-11-27)18-14-22(30-8)23(31-9)15-21(18)29-7/h12-15,17,28H,10H2,1-9H3/t17-/m0/s1. The minimum absolute atomic E-state index is 0.254. The molecule has 0 radical (unpaired) electrons. The number of rotatable bonds is 6. The molecule has 2 rings (SSSR count). The van der Waals surface area contributed by atoms with Crippen molar-refractivity contribution in [1.82, 2.24) is 0 Å². The van der Waals surface area contributed by atoms with Crippen LogP contribution in [-0.2, 0) is 10.8 Å². The van der Waals surface area contributed by atoms with E-state index in [4.69, 9.17) is 14.2 Å². The van der Waals surface area contributed by atoms with E-state index >= 15 is 0 Å². The lowest BCUT2D eigenvalue weighted by molar-refractivity contribution is 0.347. The van der Waals surface area contributed by atoms with Crippen molar-refractivity contribution < 1.29 is 19.3 Å². The molecule has 1 N–H and O–H groups in total. The summed E-state index contributed by atoms with van der Waals surface area (Å²) in [5, 5.41) is 20.8. The zero-order chi connectivity index (χ0) is 23.6. The van der Waals surface area contributed by atoms with E-state index in [9.17, 15) is 10.4 Å². The molecule has 5 nitrogen and oxygen atoms in total. The van der Waals surface area contributed by atoms with Crippen LogP contribution in [0.4, 0.5) is 0 Å². The van der Waals surface area contributed by atoms with Crippen LogP contribution in [0.15, 0.2) is 24.3 Å². The summed E-state index contributed by atoms with van der Waals surface area (Å²) in [5.74, 6) is 1.82. The van der Waals surface area contributed by atoms with Gasteiger partial charge in [-0.1, -0.05) is 53.7 Å². The van der Waals surface area contributed by atoms with E-state index in [1.165, 1.54) is 0 Å². The SMILES string of the molecule is COc1cc(OC)c([C@@H](CC#N)c2cc(C(C)(C)C)c(O)c(C(C)(C)C)c2)cc1OC. The number of phenols is 1. The third-order valence-electron chi connectivity index (χ3n) is 5.56. The van der Waals surface area contributed by atoms with E-state index in [-0.39, 0.29) is 23.2 Å². The quantitative estimate of drug-likeness (QED) is 0.609. The molecule has 1 atom stereocenters. The van der Waals surface area contributed by atoms with Crippen molar-refractivity contribution in [2.24, 2.45) is 0 Å². The average Bonchev–Trinajstić information content (AvgIpc) is 2.69. The van der Waals surface area contributed by atoms with Gasteiger partial charge in [0.05, 0.1) is 27.4 Å². The fourth-order valence-corrected chi connectivity index (χ4v) is 3.83. The maximum Gasteiger partial charge on any atom is 0.164 e. The molecule has 2 aromatic rings. The number of benzene rings is 2. The van der Waals surface area contributed by atoms with Crippen LogP contribution in [0.2, 0.25) is 0 Å². The number of phenolic OH excluding ortho intramolecular Hbond substituents is 1. The highest BCUT2D eigenvalue weighted by Crippen LogP contribution is 2.45. The minimum atomic E-state index is -0.265. The normalized spacial score (nSPS) is 12.8. The van der Waals surface area contributed by atoms with Crippen LogP contribution in [0.25, 0.3) is 0 Å². The number of nitrogens with zero attached hydrogens (tertiary/aromatic N) is 1. The van der Waals surface area contributed by atoms with E-state index in [0.717, 1.165) is 22.3 Å². The lowest BCUT2D eigenvalue weighted by Crippen LogP contribution is -2.19. The number of hydrogen-bond donors (Lipinski definition) is 1. The van der Waals surface area contributed by atoms with Crippen molar-refractivity contribution in [3.8, 4) is 29.1 Å². The highest BCUT2D eigenvalue weighted by Gasteiger charge is 2.30. The van der Waals surface area contributed by atoms with Crippen molar-refractivity contribution in [2.45, 2.75) is 64.7 Å². The predicted molar refractivity (Wildman–Crippen MR) is 124 cm³/mol. The molecule has 0 spiro atoms. The van der Waals surface area contributed by atoms with E-state index < -0.39 is 0 Å². The van der Waals surface area contributed by atoms with Gasteiger partial charge in [0, 0.05) is 24.0 Å². The van der Waals surface area contributed by atoms with Gasteiger partial charge in [-0.2, -0.15) is 5.26 Å². The van der Waals surface area contributed by atoms with Gasteiger partial charge in [-0.25, -0.2) is 0 Å². The predicted octanol–water partition coefficient (Wildman–Crippen LogP) is 6.06. The number of methoxy groups -OCH3 is 3. The third-order valence-corrected chi connectivity index (χ3v) is 5.56. The Balaban J connectivity index is 2.86. The summed E-state index contributed by atoms with van der Waals surface area (Å²) in [6.45, 7) is 12.5. The summed E-state index contributed by atoms with van der Waals surface area (Å²) in [4.78, 5) is 0. The van der Waals surface area contributed by atoms with Gasteiger partial charge in [-0.15, -0.1) is 0 Å². The molecule has 0 amide bonds. The summed E-state index contributed by atoms with van der Waals surface area (Å²) in [6.07, 6.45) is 0.254. The second kappa shape index (κ2) is 9.09. The highest BCUT2D eigenvalue weighted by molar-refractivity contribution is 5.57. The molecule has 0 saturated carbocycles. The maximum absolute atomic E-state index is 11.1. The molecule has 0 unspecified atom stereocenters. The number of hydrogen-bond acceptors (Lipinski definition) is 5. The zero-order valence-electron chi connectivity index (χ0n) is 20.2. The lowest BCUT2D eigenvalue weighted by Gasteiger charge is -2.30. The van der Waals surface area contributed by atoms with Crippen LogP contribution < -0.4 is 14.2 Å². The van der Waals surface area contributed by atoms with Gasteiger partial charge in [0.2, 0.25) is 0 Å². The van der Waals surface area contributed by atoms with Crippen LogP contribution in [0.1, 0.15) is 76.1 Å². The van der Waals surface area contributed by atoms with Crippen molar-refractivity contribution in [3.05, 3.63) is 46.5 Å². The first kappa shape index (κ1) is 24.4. The Morgan fingerprint density at radius 2 is 1.26 bits per heavy atom. The maximum atomic E-state index is 11.1. The highest BCUT2D eigenvalue weighted by atomic mass is 16.5. The van der Waals surface area contributed by atoms with Crippen LogP contribution in [0.5, 0.6) is 23.0 Å². The largest absolute Gasteiger partial charge is 0.507 e. The molecule has 0 aliphatic rings. The number of aromatic hydroxyl groups is 1. The summed E-state index contributed by atoms with van der Waals surface area (Å²) >= 11 is 0. The van der Waals surface area contributed by atoms with E-state index in [1.54, 1.807) is 27.4 Å². The minimum Gasteiger partial charge on any atom is -0.507 e. The molecule has 31 heavy (non-hydrogen) atoms. The van der Waals surface area contributed by atoms with Crippen LogP contribution in [-0.4, -0.2) is 26.4 Å². The zero-order valence-corrected chi connectivity index (χ0v) is 20.2. The van der Waals surface area contributed by atoms with E-state index in [1.807, 2.05) is 18.2 Å². The van der Waals surface area contributed by atoms with E-state index in [2.05, 4.69) is 47.6 Å². The summed E-state index contributed by atoms with van der Waals surface area (Å²) in [7, 11) is 4.77. The Morgan fingerprint density at radius 1 is 0.806 bits per heavy atom. The Hall–Kier alpha value is -2.87. The summed E-state index contributed by atoms with van der Waals surface area (Å²) in [6, 6.07) is 10.0. The molecule has 5 heteroatoms. The van der Waals surface area contributed by atoms with Gasteiger partial charge in [-0.05, 0) is 33.6 Å². The van der Waals surface area contributed by atoms with Crippen molar-refractivity contribution in [1.29, 1.82) is 5.26 Å².